The first-order valence-electron chi connectivity index (χ1n) is 5.00. The highest BCUT2D eigenvalue weighted by Crippen LogP contribution is 2.12. The molecule has 1 unspecified atom stereocenters. The molecule has 0 N–H and O–H groups in total. The smallest absolute Gasteiger partial charge is 0.153 e. The molecule has 2 rings (SSSR count). The van der Waals surface area contributed by atoms with Gasteiger partial charge in [-0.25, -0.2) is 9.97 Å². The zero-order chi connectivity index (χ0) is 10.5. The third kappa shape index (κ3) is 3.52. The highest BCUT2D eigenvalue weighted by atomic mass is 79.9. The molecule has 1 aromatic rings. The second-order valence-electron chi connectivity index (χ2n) is 3.47. The van der Waals surface area contributed by atoms with Gasteiger partial charge in [-0.1, -0.05) is 0 Å². The average molecular weight is 273 g/mol. The summed E-state index contributed by atoms with van der Waals surface area (Å²) in [6.07, 6.45) is 5.94. The van der Waals surface area contributed by atoms with Crippen molar-refractivity contribution in [2.75, 3.05) is 13.2 Å². The van der Waals surface area contributed by atoms with Crippen molar-refractivity contribution in [2.24, 2.45) is 0 Å². The normalized spacial score (nSPS) is 20.7. The number of hydrogen-bond donors (Lipinski definition) is 0. The van der Waals surface area contributed by atoms with E-state index in [2.05, 4.69) is 25.9 Å². The summed E-state index contributed by atoms with van der Waals surface area (Å²) >= 11 is 3.28. The summed E-state index contributed by atoms with van der Waals surface area (Å²) < 4.78 is 11.8. The van der Waals surface area contributed by atoms with Crippen molar-refractivity contribution in [3.8, 4) is 0 Å². The van der Waals surface area contributed by atoms with Crippen LogP contribution >= 0.6 is 15.9 Å². The quantitative estimate of drug-likeness (QED) is 0.840. The van der Waals surface area contributed by atoms with Gasteiger partial charge in [-0.2, -0.15) is 0 Å². The maximum Gasteiger partial charge on any atom is 0.153 e. The van der Waals surface area contributed by atoms with Crippen molar-refractivity contribution >= 4 is 15.9 Å². The van der Waals surface area contributed by atoms with E-state index in [0.29, 0.717) is 19.0 Å². The number of halogens is 1. The zero-order valence-electron chi connectivity index (χ0n) is 8.36. The van der Waals surface area contributed by atoms with Crippen molar-refractivity contribution in [1.29, 1.82) is 0 Å². The van der Waals surface area contributed by atoms with Crippen molar-refractivity contribution in [3.63, 3.8) is 0 Å². The summed E-state index contributed by atoms with van der Waals surface area (Å²) in [5, 5.41) is 0. The molecule has 0 radical (unpaired) electrons. The van der Waals surface area contributed by atoms with Crippen molar-refractivity contribution < 1.29 is 9.47 Å². The molecule has 0 amide bonds. The fourth-order valence-electron chi connectivity index (χ4n) is 1.47. The van der Waals surface area contributed by atoms with Gasteiger partial charge in [0.2, 0.25) is 0 Å². The largest absolute Gasteiger partial charge is 0.376 e. The SMILES string of the molecule is Brc1cnc(COCC2CCCO2)nc1. The summed E-state index contributed by atoms with van der Waals surface area (Å²) in [6, 6.07) is 0. The van der Waals surface area contributed by atoms with Crippen molar-refractivity contribution in [3.05, 3.63) is 22.7 Å². The minimum atomic E-state index is 0.264. The lowest BCUT2D eigenvalue weighted by Gasteiger charge is -2.09. The maximum atomic E-state index is 5.48. The summed E-state index contributed by atoms with van der Waals surface area (Å²) in [4.78, 5) is 8.24. The molecule has 0 aliphatic carbocycles. The van der Waals surface area contributed by atoms with Crippen LogP contribution in [0.3, 0.4) is 0 Å². The van der Waals surface area contributed by atoms with Crippen molar-refractivity contribution in [2.45, 2.75) is 25.6 Å². The molecule has 1 atom stereocenters. The fourth-order valence-corrected chi connectivity index (χ4v) is 1.68. The van der Waals surface area contributed by atoms with Gasteiger partial charge in [0.05, 0.1) is 17.2 Å². The number of rotatable bonds is 4. The first-order chi connectivity index (χ1) is 7.34. The highest BCUT2D eigenvalue weighted by Gasteiger charge is 2.15. The van der Waals surface area contributed by atoms with Crippen LogP contribution in [0.15, 0.2) is 16.9 Å². The van der Waals surface area contributed by atoms with E-state index >= 15 is 0 Å². The number of nitrogens with zero attached hydrogens (tertiary/aromatic N) is 2. The molecule has 1 saturated heterocycles. The summed E-state index contributed by atoms with van der Waals surface area (Å²) in [5.41, 5.74) is 0. The van der Waals surface area contributed by atoms with E-state index in [1.807, 2.05) is 0 Å². The Balaban J connectivity index is 1.71. The predicted molar refractivity (Wildman–Crippen MR) is 58.4 cm³/mol. The lowest BCUT2D eigenvalue weighted by Crippen LogP contribution is -2.14. The Morgan fingerprint density at radius 3 is 2.93 bits per heavy atom. The van der Waals surface area contributed by atoms with Gasteiger partial charge in [-0.3, -0.25) is 0 Å². The standard InChI is InChI=1S/C10H13BrN2O2/c11-8-4-12-10(13-5-8)7-14-6-9-2-1-3-15-9/h4-5,9H,1-3,6-7H2. The first kappa shape index (κ1) is 11.0. The Kier molecular flexibility index (Phi) is 4.05. The van der Waals surface area contributed by atoms with Gasteiger partial charge in [-0.15, -0.1) is 0 Å². The molecule has 15 heavy (non-hydrogen) atoms. The Bertz CT molecular complexity index is 299. The summed E-state index contributed by atoms with van der Waals surface area (Å²) in [7, 11) is 0. The van der Waals surface area contributed by atoms with Gasteiger partial charge < -0.3 is 9.47 Å². The molecule has 1 aromatic heterocycles. The third-order valence-electron chi connectivity index (χ3n) is 2.23. The van der Waals surface area contributed by atoms with Gasteiger partial charge in [0.1, 0.15) is 6.61 Å². The van der Waals surface area contributed by atoms with Gasteiger partial charge in [-0.05, 0) is 28.8 Å². The molecule has 0 aromatic carbocycles. The van der Waals surface area contributed by atoms with E-state index < -0.39 is 0 Å². The molecule has 0 saturated carbocycles. The van der Waals surface area contributed by atoms with Crippen LogP contribution in [0, 0.1) is 0 Å². The molecule has 5 heteroatoms. The Morgan fingerprint density at radius 1 is 1.47 bits per heavy atom. The average Bonchev–Trinajstić information content (AvgIpc) is 2.74. The van der Waals surface area contributed by atoms with Crippen LogP contribution in [0.1, 0.15) is 18.7 Å². The molecular formula is C10H13BrN2O2. The van der Waals surface area contributed by atoms with Crippen LogP contribution in [-0.2, 0) is 16.1 Å². The highest BCUT2D eigenvalue weighted by molar-refractivity contribution is 9.10. The van der Waals surface area contributed by atoms with Gasteiger partial charge in [0.15, 0.2) is 5.82 Å². The van der Waals surface area contributed by atoms with Crippen molar-refractivity contribution in [1.82, 2.24) is 9.97 Å². The third-order valence-corrected chi connectivity index (χ3v) is 2.64. The second-order valence-corrected chi connectivity index (χ2v) is 4.38. The van der Waals surface area contributed by atoms with E-state index in [-0.39, 0.29) is 6.10 Å². The van der Waals surface area contributed by atoms with Crippen LogP contribution in [0.4, 0.5) is 0 Å². The molecule has 0 bridgehead atoms. The lowest BCUT2D eigenvalue weighted by molar-refractivity contribution is 0.00861. The van der Waals surface area contributed by atoms with Crippen LogP contribution in [-0.4, -0.2) is 29.3 Å². The minimum Gasteiger partial charge on any atom is -0.376 e. The Labute approximate surface area is 97.1 Å². The molecule has 0 spiro atoms. The summed E-state index contributed by atoms with van der Waals surface area (Å²) in [5.74, 6) is 0.705. The van der Waals surface area contributed by atoms with Crippen LogP contribution in [0.5, 0.6) is 0 Å². The topological polar surface area (TPSA) is 44.2 Å². The van der Waals surface area contributed by atoms with Crippen LogP contribution in [0.2, 0.25) is 0 Å². The molecule has 4 nitrogen and oxygen atoms in total. The number of aromatic nitrogens is 2. The Hall–Kier alpha value is -0.520. The number of hydrogen-bond acceptors (Lipinski definition) is 4. The van der Waals surface area contributed by atoms with E-state index in [1.165, 1.54) is 0 Å². The lowest BCUT2D eigenvalue weighted by atomic mass is 10.2. The molecule has 1 aliphatic rings. The van der Waals surface area contributed by atoms with Gasteiger partial charge >= 0.3 is 0 Å². The minimum absolute atomic E-state index is 0.264. The predicted octanol–water partition coefficient (Wildman–Crippen LogP) is 1.93. The van der Waals surface area contributed by atoms with Crippen LogP contribution in [0.25, 0.3) is 0 Å². The van der Waals surface area contributed by atoms with E-state index in [4.69, 9.17) is 9.47 Å². The molecule has 82 valence electrons. The molecule has 1 aliphatic heterocycles. The maximum absolute atomic E-state index is 5.48. The van der Waals surface area contributed by atoms with Gasteiger partial charge in [0, 0.05) is 19.0 Å². The van der Waals surface area contributed by atoms with Crippen LogP contribution < -0.4 is 0 Å². The zero-order valence-corrected chi connectivity index (χ0v) is 9.94. The fraction of sp³-hybridized carbons (Fsp3) is 0.600. The Morgan fingerprint density at radius 2 is 2.27 bits per heavy atom. The number of ether oxygens (including phenoxy) is 2. The summed E-state index contributed by atoms with van der Waals surface area (Å²) in [6.45, 7) is 1.95. The van der Waals surface area contributed by atoms with E-state index in [0.717, 1.165) is 23.9 Å². The van der Waals surface area contributed by atoms with E-state index in [9.17, 15) is 0 Å². The monoisotopic (exact) mass is 272 g/mol. The molecule has 1 fully saturated rings. The van der Waals surface area contributed by atoms with Gasteiger partial charge in [0.25, 0.3) is 0 Å². The molecule has 2 heterocycles. The molecular weight excluding hydrogens is 260 g/mol. The van der Waals surface area contributed by atoms with E-state index in [1.54, 1.807) is 12.4 Å². The first-order valence-corrected chi connectivity index (χ1v) is 5.79. The second kappa shape index (κ2) is 5.53.